The largest absolute Gasteiger partial charge is 0.457 e. The van der Waals surface area contributed by atoms with E-state index in [-0.39, 0.29) is 24.2 Å². The lowest BCUT2D eigenvalue weighted by molar-refractivity contribution is -0.178. The Hall–Kier alpha value is -3.76. The van der Waals surface area contributed by atoms with E-state index >= 15 is 0 Å². The number of hydrogen-bond donors (Lipinski definition) is 2. The maximum absolute atomic E-state index is 13.2. The fourth-order valence-electron chi connectivity index (χ4n) is 6.49. The van der Waals surface area contributed by atoms with E-state index in [9.17, 15) is 14.7 Å². The minimum atomic E-state index is -0.383. The van der Waals surface area contributed by atoms with Crippen molar-refractivity contribution in [3.05, 3.63) is 89.0 Å². The van der Waals surface area contributed by atoms with Gasteiger partial charge in [0, 0.05) is 69.3 Å². The first-order valence-electron chi connectivity index (χ1n) is 15.6. The van der Waals surface area contributed by atoms with Crippen LogP contribution >= 0.6 is 0 Å². The lowest BCUT2D eigenvalue weighted by Crippen LogP contribution is -2.48. The smallest absolute Gasteiger partial charge is 0.253 e. The summed E-state index contributed by atoms with van der Waals surface area (Å²) in [5, 5.41) is 12.9. The summed E-state index contributed by atoms with van der Waals surface area (Å²) in [5.41, 5.74) is 4.54. The van der Waals surface area contributed by atoms with E-state index in [0.717, 1.165) is 56.6 Å². The second-order valence-corrected chi connectivity index (χ2v) is 12.0. The molecule has 3 fully saturated rings. The number of piperazine rings is 1. The van der Waals surface area contributed by atoms with Crippen molar-refractivity contribution in [2.45, 2.75) is 57.5 Å². The molecule has 0 atom stereocenters. The molecule has 9 nitrogen and oxygen atoms in total. The number of hydrogen-bond acceptors (Lipinski definition) is 7. The van der Waals surface area contributed by atoms with Crippen molar-refractivity contribution >= 4 is 17.5 Å². The van der Waals surface area contributed by atoms with E-state index in [1.807, 2.05) is 53.4 Å². The number of benzene rings is 3. The van der Waals surface area contributed by atoms with Crippen LogP contribution in [0.3, 0.4) is 0 Å². The molecule has 0 aromatic heterocycles. The molecule has 3 aliphatic rings. The molecule has 0 unspecified atom stereocenters. The van der Waals surface area contributed by atoms with Crippen LogP contribution in [0.1, 0.15) is 65.6 Å². The van der Waals surface area contributed by atoms with Crippen molar-refractivity contribution in [2.75, 3.05) is 44.7 Å². The Balaban J connectivity index is 1.000. The van der Waals surface area contributed by atoms with Crippen molar-refractivity contribution in [3.8, 4) is 11.5 Å². The molecule has 0 bridgehead atoms. The third-order valence-electron chi connectivity index (χ3n) is 8.96. The van der Waals surface area contributed by atoms with Gasteiger partial charge in [0.1, 0.15) is 11.5 Å². The van der Waals surface area contributed by atoms with E-state index in [0.29, 0.717) is 49.3 Å². The van der Waals surface area contributed by atoms with Crippen LogP contribution < -0.4 is 10.1 Å². The van der Waals surface area contributed by atoms with Gasteiger partial charge in [0.15, 0.2) is 5.79 Å². The molecular formula is C35H41N3O6. The SMILES string of the molecule is CC(=O)Nc1ccc(CN2CCN(C(=O)c3ccc(Oc4ccc(C5CCC6(CC5)OCCO6)cc4CO)cc3)CC2)cc1. The molecule has 232 valence electrons. The molecule has 9 heteroatoms. The van der Waals surface area contributed by atoms with E-state index in [4.69, 9.17) is 14.2 Å². The summed E-state index contributed by atoms with van der Waals surface area (Å²) < 4.78 is 17.9. The van der Waals surface area contributed by atoms with Gasteiger partial charge in [-0.25, -0.2) is 0 Å². The lowest BCUT2D eigenvalue weighted by atomic mass is 9.80. The molecule has 2 heterocycles. The number of rotatable bonds is 8. The van der Waals surface area contributed by atoms with Gasteiger partial charge in [-0.2, -0.15) is 0 Å². The van der Waals surface area contributed by atoms with E-state index in [1.165, 1.54) is 18.1 Å². The van der Waals surface area contributed by atoms with Gasteiger partial charge in [0.2, 0.25) is 5.91 Å². The average molecular weight is 600 g/mol. The van der Waals surface area contributed by atoms with Crippen LogP contribution in [0.25, 0.3) is 0 Å². The number of nitrogens with zero attached hydrogens (tertiary/aromatic N) is 2. The van der Waals surface area contributed by atoms with Gasteiger partial charge >= 0.3 is 0 Å². The van der Waals surface area contributed by atoms with Crippen molar-refractivity contribution in [1.82, 2.24) is 9.80 Å². The van der Waals surface area contributed by atoms with Crippen molar-refractivity contribution in [3.63, 3.8) is 0 Å². The predicted octanol–water partition coefficient (Wildman–Crippen LogP) is 5.29. The van der Waals surface area contributed by atoms with Crippen LogP contribution in [-0.2, 0) is 27.4 Å². The molecular weight excluding hydrogens is 558 g/mol. The zero-order valence-corrected chi connectivity index (χ0v) is 25.3. The maximum Gasteiger partial charge on any atom is 0.253 e. The van der Waals surface area contributed by atoms with Gasteiger partial charge in [-0.15, -0.1) is 0 Å². The van der Waals surface area contributed by atoms with Crippen LogP contribution in [0.2, 0.25) is 0 Å². The second-order valence-electron chi connectivity index (χ2n) is 12.0. The number of anilines is 1. The average Bonchev–Trinajstić information content (AvgIpc) is 3.50. The monoisotopic (exact) mass is 599 g/mol. The Kier molecular flexibility index (Phi) is 9.28. The fourth-order valence-corrected chi connectivity index (χ4v) is 6.49. The third kappa shape index (κ3) is 7.13. The van der Waals surface area contributed by atoms with Gasteiger partial charge in [-0.05, 0) is 78.4 Å². The summed E-state index contributed by atoms with van der Waals surface area (Å²) in [4.78, 5) is 28.7. The van der Waals surface area contributed by atoms with Crippen LogP contribution in [0.4, 0.5) is 5.69 Å². The minimum absolute atomic E-state index is 0.0129. The summed E-state index contributed by atoms with van der Waals surface area (Å²) in [6.07, 6.45) is 3.76. The first kappa shape index (κ1) is 30.3. The first-order chi connectivity index (χ1) is 21.4. The van der Waals surface area contributed by atoms with Gasteiger partial charge < -0.3 is 29.5 Å². The number of aliphatic hydroxyl groups excluding tert-OH is 1. The second kappa shape index (κ2) is 13.5. The molecule has 2 saturated heterocycles. The number of aliphatic hydroxyl groups is 1. The van der Waals surface area contributed by atoms with Crippen LogP contribution in [-0.4, -0.2) is 71.9 Å². The highest BCUT2D eigenvalue weighted by atomic mass is 16.7. The molecule has 3 aromatic carbocycles. The topological polar surface area (TPSA) is 101 Å². The molecule has 44 heavy (non-hydrogen) atoms. The summed E-state index contributed by atoms with van der Waals surface area (Å²) >= 11 is 0. The quantitative estimate of drug-likeness (QED) is 0.363. The Bertz CT molecular complexity index is 1430. The van der Waals surface area contributed by atoms with Gasteiger partial charge in [-0.3, -0.25) is 14.5 Å². The summed E-state index contributed by atoms with van der Waals surface area (Å²) in [6.45, 7) is 6.46. The molecule has 2 amide bonds. The first-order valence-corrected chi connectivity index (χ1v) is 15.6. The molecule has 2 aliphatic heterocycles. The number of nitrogens with one attached hydrogen (secondary N) is 1. The Morgan fingerprint density at radius 1 is 0.932 bits per heavy atom. The van der Waals surface area contributed by atoms with Crippen molar-refractivity contribution in [2.24, 2.45) is 0 Å². The normalized spacial score (nSPS) is 18.8. The zero-order valence-electron chi connectivity index (χ0n) is 25.3. The molecule has 0 radical (unpaired) electrons. The highest BCUT2D eigenvalue weighted by Crippen LogP contribution is 2.43. The van der Waals surface area contributed by atoms with Crippen molar-refractivity contribution in [1.29, 1.82) is 0 Å². The lowest BCUT2D eigenvalue weighted by Gasteiger charge is -2.35. The van der Waals surface area contributed by atoms with Crippen molar-refractivity contribution < 1.29 is 28.9 Å². The highest BCUT2D eigenvalue weighted by Gasteiger charge is 2.40. The number of ether oxygens (including phenoxy) is 3. The molecule has 6 rings (SSSR count). The number of carbonyl (C=O) groups is 2. The van der Waals surface area contributed by atoms with E-state index < -0.39 is 0 Å². The maximum atomic E-state index is 13.2. The minimum Gasteiger partial charge on any atom is -0.457 e. The number of carbonyl (C=O) groups excluding carboxylic acids is 2. The Labute approximate surface area is 258 Å². The van der Waals surface area contributed by atoms with Gasteiger partial charge in [-0.1, -0.05) is 18.2 Å². The molecule has 3 aromatic rings. The molecule has 1 aliphatic carbocycles. The molecule has 2 N–H and O–H groups in total. The Morgan fingerprint density at radius 3 is 2.25 bits per heavy atom. The molecule has 1 saturated carbocycles. The van der Waals surface area contributed by atoms with Gasteiger partial charge in [0.25, 0.3) is 5.91 Å². The predicted molar refractivity (Wildman–Crippen MR) is 167 cm³/mol. The molecule has 1 spiro atoms. The van der Waals surface area contributed by atoms with E-state index in [2.05, 4.69) is 16.3 Å². The summed E-state index contributed by atoms with van der Waals surface area (Å²) in [6, 6.07) is 21.2. The van der Waals surface area contributed by atoms with Crippen LogP contribution in [0, 0.1) is 0 Å². The standard InChI is InChI=1S/C35H41N3O6/c1-25(40)36-31-7-2-26(3-8-31)23-37-16-18-38(19-17-37)34(41)28-4-9-32(10-5-28)44-33-11-6-29(22-30(33)24-39)27-12-14-35(15-13-27)42-20-21-43-35/h2-11,22,27,39H,12-21,23-24H2,1H3,(H,36,40). The summed E-state index contributed by atoms with van der Waals surface area (Å²) in [7, 11) is 0. The fraction of sp³-hybridized carbons (Fsp3) is 0.429. The summed E-state index contributed by atoms with van der Waals surface area (Å²) in [5.74, 6) is 1.19. The van der Waals surface area contributed by atoms with Gasteiger partial charge in [0.05, 0.1) is 19.8 Å². The highest BCUT2D eigenvalue weighted by molar-refractivity contribution is 5.94. The third-order valence-corrected chi connectivity index (χ3v) is 8.96. The Morgan fingerprint density at radius 2 is 1.61 bits per heavy atom. The van der Waals surface area contributed by atoms with E-state index in [1.54, 1.807) is 12.1 Å². The zero-order chi connectivity index (χ0) is 30.5. The van der Waals surface area contributed by atoms with Crippen LogP contribution in [0.5, 0.6) is 11.5 Å². The number of amides is 2. The van der Waals surface area contributed by atoms with Crippen LogP contribution in [0.15, 0.2) is 66.7 Å².